The number of rotatable bonds is 16. The lowest BCUT2D eigenvalue weighted by molar-refractivity contribution is -0.873. The first-order chi connectivity index (χ1) is 24.1. The lowest BCUT2D eigenvalue weighted by atomic mass is 10.1. The van der Waals surface area contributed by atoms with E-state index in [1.807, 2.05) is 63.1 Å². The summed E-state index contributed by atoms with van der Waals surface area (Å²) in [5.41, 5.74) is 1.94. The fourth-order valence-electron chi connectivity index (χ4n) is 4.77. The van der Waals surface area contributed by atoms with Gasteiger partial charge in [0.2, 0.25) is 0 Å². The monoisotopic (exact) mass is 844 g/mol. The highest BCUT2D eigenvalue weighted by Gasteiger charge is 2.28. The first-order valence-corrected chi connectivity index (χ1v) is 20.6. The molecule has 0 bridgehead atoms. The molecule has 0 amide bonds. The Hall–Kier alpha value is -3.16. The van der Waals surface area contributed by atoms with Gasteiger partial charge in [-0.15, -0.1) is 0 Å². The number of hydrogen-bond donors (Lipinski definition) is 4. The first-order valence-electron chi connectivity index (χ1n) is 16.9. The van der Waals surface area contributed by atoms with Crippen LogP contribution in [-0.2, 0) is 37.7 Å². The van der Waals surface area contributed by atoms with Crippen LogP contribution in [0.3, 0.4) is 0 Å². The minimum absolute atomic E-state index is 0. The molecule has 0 spiro atoms. The Bertz CT molecular complexity index is 1630. The van der Waals surface area contributed by atoms with Crippen LogP contribution in [0.5, 0.6) is 0 Å². The molecule has 0 aliphatic heterocycles. The number of carboxylic acids is 3. The lowest BCUT2D eigenvalue weighted by Crippen LogP contribution is -2.43. The molecule has 2 aromatic rings. The van der Waals surface area contributed by atoms with Gasteiger partial charge in [-0.3, -0.25) is 18.6 Å². The number of quaternary nitrogens is 3. The van der Waals surface area contributed by atoms with Crippen LogP contribution in [0.1, 0.15) is 44.7 Å². The summed E-state index contributed by atoms with van der Waals surface area (Å²) < 4.78 is 52.8. The topological polar surface area (TPSA) is 210 Å². The molecule has 2 rings (SSSR count). The summed E-state index contributed by atoms with van der Waals surface area (Å²) in [6.45, 7) is 7.35. The van der Waals surface area contributed by atoms with Crippen molar-refractivity contribution in [3.05, 3.63) is 59.7 Å². The highest BCUT2D eigenvalue weighted by Crippen LogP contribution is 2.18. The molecule has 18 heteroatoms. The molecule has 3 atom stereocenters. The molecule has 0 heterocycles. The van der Waals surface area contributed by atoms with Crippen molar-refractivity contribution in [1.29, 1.82) is 0 Å². The number of nitrogens with zero attached hydrogens (tertiary/aromatic N) is 3. The average molecular weight is 846 g/mol. The first kappa shape index (κ1) is 56.2. The van der Waals surface area contributed by atoms with Crippen molar-refractivity contribution < 1.29 is 69.3 Å². The summed E-state index contributed by atoms with van der Waals surface area (Å²) in [4.78, 5) is 31.5. The third-order valence-electron chi connectivity index (χ3n) is 6.58. The summed E-state index contributed by atoms with van der Waals surface area (Å²) in [6.07, 6.45) is -1.91. The molecule has 15 nitrogen and oxygen atoms in total. The maximum absolute atomic E-state index is 12.2. The molecule has 4 N–H and O–H groups in total. The van der Waals surface area contributed by atoms with E-state index >= 15 is 0 Å². The summed E-state index contributed by atoms with van der Waals surface area (Å²) in [5, 5.41) is 34.8. The largest absolute Gasteiger partial charge is 0.481 e. The normalized spacial score (nSPS) is 13.4. The number of likely N-dealkylation sites (N-methyl/N-ethyl adjacent to an activating group) is 2. The second-order valence-corrected chi connectivity index (χ2v) is 20.3. The molecule has 3 unspecified atom stereocenters. The minimum atomic E-state index is -3.97. The van der Waals surface area contributed by atoms with Crippen molar-refractivity contribution >= 4 is 47.8 Å². The van der Waals surface area contributed by atoms with E-state index in [1.165, 1.54) is 24.3 Å². The number of benzene rings is 2. The van der Waals surface area contributed by atoms with Gasteiger partial charge in [-0.25, -0.2) is 8.42 Å². The molecule has 318 valence electrons. The Labute approximate surface area is 334 Å². The molecular formula is C37H67ClN3O12S2+3. The predicted octanol–water partition coefficient (Wildman–Crippen LogP) is 4.14. The van der Waals surface area contributed by atoms with Crippen molar-refractivity contribution in [2.45, 2.75) is 69.5 Å². The average Bonchev–Trinajstić information content (AvgIpc) is 2.89. The Morgan fingerprint density at radius 3 is 1.27 bits per heavy atom. The number of halogens is 1. The Morgan fingerprint density at radius 2 is 0.964 bits per heavy atom. The molecule has 0 aliphatic rings. The second-order valence-electron chi connectivity index (χ2n) is 16.2. The molecule has 0 aliphatic carbocycles. The molecule has 0 radical (unpaired) electrons. The highest BCUT2D eigenvalue weighted by atomic mass is 35.7. The van der Waals surface area contributed by atoms with E-state index in [4.69, 9.17) is 35.3 Å². The second kappa shape index (κ2) is 24.5. The maximum atomic E-state index is 12.2. The predicted molar refractivity (Wildman–Crippen MR) is 215 cm³/mol. The van der Waals surface area contributed by atoms with Crippen LogP contribution in [-0.4, -0.2) is 164 Å². The van der Waals surface area contributed by atoms with Gasteiger partial charge < -0.3 is 33.9 Å². The quantitative estimate of drug-likeness (QED) is 0.107. The highest BCUT2D eigenvalue weighted by molar-refractivity contribution is 8.13. The van der Waals surface area contributed by atoms with E-state index in [9.17, 15) is 31.2 Å². The SMILES string of the molecule is C.CC(CC(=O)O)C[N+](C)(C)C.C[N+](C)(C)CC(O)CC(=O)O.Cc1ccc(S(=O)(=O)Cl)cc1.Cc1ccc(S(=O)(=O)OC(CC(=O)O)C[N+](C)(C)C)cc1. The third-order valence-corrected chi connectivity index (χ3v) is 9.32. The smallest absolute Gasteiger partial charge is 0.306 e. The third kappa shape index (κ3) is 32.8. The molecule has 2 aromatic carbocycles. The Balaban J connectivity index is -0.000000688. The number of hydrogen-bond acceptors (Lipinski definition) is 9. The minimum Gasteiger partial charge on any atom is -0.481 e. The van der Waals surface area contributed by atoms with Gasteiger partial charge in [-0.2, -0.15) is 8.42 Å². The van der Waals surface area contributed by atoms with Gasteiger partial charge in [0.25, 0.3) is 19.2 Å². The van der Waals surface area contributed by atoms with Gasteiger partial charge in [0, 0.05) is 16.6 Å². The fourth-order valence-corrected chi connectivity index (χ4v) is 6.61. The number of aryl methyl sites for hydroxylation is 2. The van der Waals surface area contributed by atoms with E-state index in [0.29, 0.717) is 15.5 Å². The van der Waals surface area contributed by atoms with E-state index in [0.717, 1.165) is 22.2 Å². The van der Waals surface area contributed by atoms with Crippen LogP contribution >= 0.6 is 10.7 Å². The number of aliphatic hydroxyl groups excluding tert-OH is 1. The Morgan fingerprint density at radius 1 is 0.618 bits per heavy atom. The molecule has 0 aromatic heterocycles. The molecule has 55 heavy (non-hydrogen) atoms. The van der Waals surface area contributed by atoms with Gasteiger partial charge >= 0.3 is 17.9 Å². The number of aliphatic hydroxyl groups is 1. The number of aliphatic carboxylic acids is 3. The van der Waals surface area contributed by atoms with E-state index in [1.54, 1.807) is 24.3 Å². The molecule has 0 fully saturated rings. The van der Waals surface area contributed by atoms with E-state index in [-0.39, 0.29) is 48.9 Å². The van der Waals surface area contributed by atoms with Crippen molar-refractivity contribution in [3.8, 4) is 0 Å². The van der Waals surface area contributed by atoms with Crippen LogP contribution in [0, 0.1) is 19.8 Å². The van der Waals surface area contributed by atoms with Crippen LogP contribution in [0.2, 0.25) is 0 Å². The van der Waals surface area contributed by atoms with Crippen molar-refractivity contribution in [3.63, 3.8) is 0 Å². The van der Waals surface area contributed by atoms with Crippen LogP contribution in [0.15, 0.2) is 58.3 Å². The van der Waals surface area contributed by atoms with Gasteiger partial charge in [-0.1, -0.05) is 49.7 Å². The van der Waals surface area contributed by atoms with Crippen LogP contribution in [0.4, 0.5) is 0 Å². The van der Waals surface area contributed by atoms with Gasteiger partial charge in [0.05, 0.1) is 99.0 Å². The lowest BCUT2D eigenvalue weighted by Gasteiger charge is -2.28. The summed E-state index contributed by atoms with van der Waals surface area (Å²) in [5.74, 6) is -2.49. The molecule has 0 saturated heterocycles. The van der Waals surface area contributed by atoms with Gasteiger partial charge in [0.1, 0.15) is 25.3 Å². The number of carboxylic acid groups (broad SMARTS) is 3. The molecule has 0 saturated carbocycles. The van der Waals surface area contributed by atoms with E-state index < -0.39 is 49.3 Å². The van der Waals surface area contributed by atoms with Crippen molar-refractivity contribution in [2.75, 3.05) is 83.1 Å². The Kier molecular flexibility index (Phi) is 25.0. The van der Waals surface area contributed by atoms with Crippen molar-refractivity contribution in [2.24, 2.45) is 5.92 Å². The van der Waals surface area contributed by atoms with Gasteiger partial charge in [0.15, 0.2) is 0 Å². The maximum Gasteiger partial charge on any atom is 0.306 e. The zero-order chi connectivity index (χ0) is 42.9. The van der Waals surface area contributed by atoms with Crippen molar-refractivity contribution in [1.82, 2.24) is 0 Å². The van der Waals surface area contributed by atoms with E-state index in [2.05, 4.69) is 21.1 Å². The number of carbonyl (C=O) groups is 3. The summed E-state index contributed by atoms with van der Waals surface area (Å²) in [7, 11) is 15.0. The standard InChI is InChI=1S/C14H21NO5S.C8H17NO2.C7H7ClO2S.C7H15NO3.CH4/c1-11-5-7-13(8-6-11)21(18,19)20-12(9-14(16)17)10-15(2,3)4;1-7(5-8(10)11)6-9(2,3)4;1-6-2-4-7(5-3-6)11(8,9)10;1-8(2,3)5-6(9)4-7(10)11;/h5-8,12H,9-10H2,1-4H3;7H,5-6H2,1-4H3;2-5H,1H3;6,9H,4-5H2,1-3H3;1H4/p+3. The zero-order valence-electron chi connectivity index (χ0n) is 33.7. The fraction of sp³-hybridized carbons (Fsp3) is 0.595. The zero-order valence-corrected chi connectivity index (χ0v) is 36.1. The van der Waals surface area contributed by atoms with Crippen LogP contribution in [0.25, 0.3) is 0 Å². The molecular weight excluding hydrogens is 778 g/mol. The summed E-state index contributed by atoms with van der Waals surface area (Å²) >= 11 is 0. The summed E-state index contributed by atoms with van der Waals surface area (Å²) in [6, 6.07) is 12.6. The van der Waals surface area contributed by atoms with Crippen LogP contribution < -0.4 is 0 Å². The van der Waals surface area contributed by atoms with Gasteiger partial charge in [-0.05, 0) is 38.1 Å².